The Morgan fingerprint density at radius 2 is 1.73 bits per heavy atom. The highest BCUT2D eigenvalue weighted by Crippen LogP contribution is 2.37. The van der Waals surface area contributed by atoms with Crippen LogP contribution >= 0.6 is 11.8 Å². The molecule has 1 aliphatic rings. The van der Waals surface area contributed by atoms with Gasteiger partial charge >= 0.3 is 7.12 Å². The van der Waals surface area contributed by atoms with Crippen LogP contribution in [0.1, 0.15) is 48.0 Å². The highest BCUT2D eigenvalue weighted by atomic mass is 32.2. The van der Waals surface area contributed by atoms with Crippen LogP contribution in [0.5, 0.6) is 5.75 Å². The van der Waals surface area contributed by atoms with Crippen LogP contribution in [-0.4, -0.2) is 30.7 Å². The van der Waals surface area contributed by atoms with E-state index in [4.69, 9.17) is 14.0 Å². The van der Waals surface area contributed by atoms with E-state index in [2.05, 4.69) is 53.7 Å². The van der Waals surface area contributed by atoms with Crippen LogP contribution in [0.25, 0.3) is 0 Å². The molecule has 1 aromatic carbocycles. The van der Waals surface area contributed by atoms with Gasteiger partial charge in [-0.3, -0.25) is 0 Å². The lowest BCUT2D eigenvalue weighted by atomic mass is 9.78. The Morgan fingerprint density at radius 1 is 1.09 bits per heavy atom. The molecular formula is C17H27BO3S. The molecule has 5 heteroatoms. The average molecular weight is 322 g/mol. The molecule has 1 fully saturated rings. The quantitative estimate of drug-likeness (QED) is 0.587. The molecular weight excluding hydrogens is 295 g/mol. The number of rotatable bonds is 6. The maximum atomic E-state index is 6.19. The van der Waals surface area contributed by atoms with Gasteiger partial charge in [0.05, 0.1) is 17.8 Å². The number of hydrogen-bond acceptors (Lipinski definition) is 4. The molecule has 0 saturated carbocycles. The van der Waals surface area contributed by atoms with Gasteiger partial charge in [-0.05, 0) is 58.1 Å². The summed E-state index contributed by atoms with van der Waals surface area (Å²) in [5.74, 6) is 1.90. The summed E-state index contributed by atoms with van der Waals surface area (Å²) in [4.78, 5) is 1.22. The Labute approximate surface area is 139 Å². The van der Waals surface area contributed by atoms with E-state index in [1.54, 1.807) is 0 Å². The van der Waals surface area contributed by atoms with Gasteiger partial charge in [0, 0.05) is 10.4 Å². The van der Waals surface area contributed by atoms with Crippen molar-refractivity contribution in [3.05, 3.63) is 18.2 Å². The minimum Gasteiger partial charge on any atom is -0.494 e. The van der Waals surface area contributed by atoms with Crippen molar-refractivity contribution in [2.75, 3.05) is 12.4 Å². The molecule has 0 N–H and O–H groups in total. The third-order valence-corrected chi connectivity index (χ3v) is 5.14. The van der Waals surface area contributed by atoms with E-state index in [9.17, 15) is 0 Å². The topological polar surface area (TPSA) is 27.7 Å². The third kappa shape index (κ3) is 3.63. The zero-order chi connectivity index (χ0) is 16.4. The Kier molecular flexibility index (Phi) is 5.52. The zero-order valence-corrected chi connectivity index (χ0v) is 15.4. The van der Waals surface area contributed by atoms with Crippen molar-refractivity contribution in [3.63, 3.8) is 0 Å². The first-order valence-electron chi connectivity index (χ1n) is 8.06. The lowest BCUT2D eigenvalue weighted by molar-refractivity contribution is 0.00578. The summed E-state index contributed by atoms with van der Waals surface area (Å²) in [5.41, 5.74) is 0.312. The fraction of sp³-hybridized carbons (Fsp3) is 0.647. The smallest absolute Gasteiger partial charge is 0.494 e. The van der Waals surface area contributed by atoms with Gasteiger partial charge in [0.2, 0.25) is 0 Å². The highest BCUT2D eigenvalue weighted by Gasteiger charge is 2.52. The van der Waals surface area contributed by atoms with Crippen LogP contribution in [-0.2, 0) is 9.31 Å². The minimum atomic E-state index is -0.380. The third-order valence-electron chi connectivity index (χ3n) is 4.26. The Bertz CT molecular complexity index is 501. The van der Waals surface area contributed by atoms with Crippen LogP contribution < -0.4 is 10.2 Å². The van der Waals surface area contributed by atoms with E-state index in [1.165, 1.54) is 4.90 Å². The van der Waals surface area contributed by atoms with Gasteiger partial charge in [-0.25, -0.2) is 0 Å². The molecule has 22 heavy (non-hydrogen) atoms. The van der Waals surface area contributed by atoms with Gasteiger partial charge in [-0.2, -0.15) is 0 Å². The van der Waals surface area contributed by atoms with E-state index >= 15 is 0 Å². The van der Waals surface area contributed by atoms with Crippen molar-refractivity contribution < 1.29 is 14.0 Å². The van der Waals surface area contributed by atoms with Gasteiger partial charge in [-0.15, -0.1) is 11.8 Å². The lowest BCUT2D eigenvalue weighted by Crippen LogP contribution is -2.41. The monoisotopic (exact) mass is 322 g/mol. The van der Waals surface area contributed by atoms with Gasteiger partial charge in [0.25, 0.3) is 0 Å². The summed E-state index contributed by atoms with van der Waals surface area (Å²) in [6, 6.07) is 6.28. The predicted octanol–water partition coefficient (Wildman–Crippen LogP) is 3.89. The normalized spacial score (nSPS) is 19.5. The predicted molar refractivity (Wildman–Crippen MR) is 94.3 cm³/mol. The molecule has 3 nitrogen and oxygen atoms in total. The first-order chi connectivity index (χ1) is 10.3. The Morgan fingerprint density at radius 3 is 2.27 bits per heavy atom. The van der Waals surface area contributed by atoms with Crippen molar-refractivity contribution in [1.29, 1.82) is 0 Å². The molecule has 0 aliphatic carbocycles. The highest BCUT2D eigenvalue weighted by molar-refractivity contribution is 7.99. The molecule has 1 aromatic rings. The molecule has 0 radical (unpaired) electrons. The fourth-order valence-corrected chi connectivity index (χ4v) is 2.99. The summed E-state index contributed by atoms with van der Waals surface area (Å²) in [6.07, 6.45) is 0.980. The molecule has 0 unspecified atom stereocenters. The van der Waals surface area contributed by atoms with Gasteiger partial charge in [0.15, 0.2) is 0 Å². The van der Waals surface area contributed by atoms with Gasteiger partial charge in [-0.1, -0.05) is 13.8 Å². The van der Waals surface area contributed by atoms with Crippen molar-refractivity contribution in [2.24, 2.45) is 0 Å². The van der Waals surface area contributed by atoms with Crippen LogP contribution in [0.3, 0.4) is 0 Å². The summed E-state index contributed by atoms with van der Waals surface area (Å²) < 4.78 is 18.3. The van der Waals surface area contributed by atoms with E-state index in [-0.39, 0.29) is 18.3 Å². The molecule has 0 bridgehead atoms. The zero-order valence-electron chi connectivity index (χ0n) is 14.6. The van der Waals surface area contributed by atoms with E-state index in [0.717, 1.165) is 23.4 Å². The van der Waals surface area contributed by atoms with E-state index in [1.807, 2.05) is 17.8 Å². The lowest BCUT2D eigenvalue weighted by Gasteiger charge is -2.32. The van der Waals surface area contributed by atoms with Gasteiger partial charge in [0.1, 0.15) is 5.75 Å². The largest absolute Gasteiger partial charge is 0.498 e. The van der Waals surface area contributed by atoms with Crippen LogP contribution in [0, 0.1) is 0 Å². The summed E-state index contributed by atoms with van der Waals surface area (Å²) >= 11 is 1.81. The molecule has 1 aliphatic heterocycles. The maximum Gasteiger partial charge on any atom is 0.498 e. The van der Waals surface area contributed by atoms with Crippen molar-refractivity contribution in [2.45, 2.75) is 64.1 Å². The standard InChI is InChI=1S/C17H27BO3S/c1-7-11-19-15-10-9-13(22-8-2)12-14(15)18-20-16(3,4)17(5,6)21-18/h9-10,12H,7-8,11H2,1-6H3. The van der Waals surface area contributed by atoms with Crippen LogP contribution in [0.2, 0.25) is 0 Å². The van der Waals surface area contributed by atoms with E-state index in [0.29, 0.717) is 6.61 Å². The number of benzene rings is 1. The van der Waals surface area contributed by atoms with Crippen LogP contribution in [0.4, 0.5) is 0 Å². The SMILES string of the molecule is CCCOc1ccc(SCC)cc1B1OC(C)(C)C(C)(C)O1. The summed E-state index contributed by atoms with van der Waals surface area (Å²) in [6.45, 7) is 13.3. The second kappa shape index (κ2) is 6.85. The summed E-state index contributed by atoms with van der Waals surface area (Å²) in [7, 11) is -0.380. The first-order valence-corrected chi connectivity index (χ1v) is 9.04. The molecule has 1 saturated heterocycles. The van der Waals surface area contributed by atoms with Crippen molar-refractivity contribution in [1.82, 2.24) is 0 Å². The van der Waals surface area contributed by atoms with Crippen molar-refractivity contribution in [3.8, 4) is 5.75 Å². The van der Waals surface area contributed by atoms with Crippen LogP contribution in [0.15, 0.2) is 23.1 Å². The molecule has 0 atom stereocenters. The van der Waals surface area contributed by atoms with E-state index < -0.39 is 0 Å². The molecule has 0 aromatic heterocycles. The number of thioether (sulfide) groups is 1. The molecule has 0 spiro atoms. The average Bonchev–Trinajstić information content (AvgIpc) is 2.66. The molecule has 1 heterocycles. The molecule has 0 amide bonds. The number of ether oxygens (including phenoxy) is 1. The first kappa shape index (κ1) is 17.7. The minimum absolute atomic E-state index is 0.340. The Hall–Kier alpha value is -0.645. The van der Waals surface area contributed by atoms with Crippen molar-refractivity contribution >= 4 is 24.3 Å². The summed E-state index contributed by atoms with van der Waals surface area (Å²) in [5, 5.41) is 0. The number of hydrogen-bond donors (Lipinski definition) is 0. The molecule has 122 valence electrons. The second-order valence-corrected chi connectivity index (χ2v) is 7.91. The maximum absolute atomic E-state index is 6.19. The fourth-order valence-electron chi connectivity index (χ4n) is 2.28. The second-order valence-electron chi connectivity index (χ2n) is 6.57. The van der Waals surface area contributed by atoms with Gasteiger partial charge < -0.3 is 14.0 Å². The Balaban J connectivity index is 2.32. The molecule has 2 rings (SSSR count).